The van der Waals surface area contributed by atoms with Crippen molar-refractivity contribution in [2.24, 2.45) is 4.99 Å². The number of allylic oxidation sites excluding steroid dienone is 2. The van der Waals surface area contributed by atoms with E-state index in [1.165, 1.54) is 5.57 Å². The van der Waals surface area contributed by atoms with Crippen LogP contribution in [0.2, 0.25) is 0 Å². The Kier molecular flexibility index (Phi) is 4.09. The largest absolute Gasteiger partial charge is 0.287 e. The molecule has 0 aliphatic rings. The van der Waals surface area contributed by atoms with E-state index in [4.69, 9.17) is 0 Å². The molecule has 0 aromatic rings. The van der Waals surface area contributed by atoms with Crippen LogP contribution >= 0.6 is 0 Å². The fourth-order valence-corrected chi connectivity index (χ4v) is 0.647. The van der Waals surface area contributed by atoms with E-state index in [-0.39, 0.29) is 5.54 Å². The predicted octanol–water partition coefficient (Wildman–Crippen LogP) is 3.21. The van der Waals surface area contributed by atoms with Gasteiger partial charge in [-0.3, -0.25) is 4.99 Å². The summed E-state index contributed by atoms with van der Waals surface area (Å²) in [4.78, 5) is 4.41. The summed E-state index contributed by atoms with van der Waals surface area (Å²) in [6, 6.07) is 0. The van der Waals surface area contributed by atoms with E-state index in [1.807, 2.05) is 13.1 Å². The fourth-order valence-electron chi connectivity index (χ4n) is 0.647. The minimum absolute atomic E-state index is 0.0590. The summed E-state index contributed by atoms with van der Waals surface area (Å²) in [7, 11) is 0. The second kappa shape index (κ2) is 4.32. The van der Waals surface area contributed by atoms with Crippen LogP contribution in [0, 0.1) is 0 Å². The van der Waals surface area contributed by atoms with E-state index in [1.54, 1.807) is 0 Å². The molecule has 0 saturated carbocycles. The van der Waals surface area contributed by atoms with Crippen LogP contribution in [-0.4, -0.2) is 11.8 Å². The average molecular weight is 153 g/mol. The van der Waals surface area contributed by atoms with E-state index >= 15 is 0 Å². The van der Waals surface area contributed by atoms with Crippen molar-refractivity contribution in [1.29, 1.82) is 0 Å². The molecule has 0 radical (unpaired) electrons. The molecule has 0 atom stereocenters. The molecule has 1 nitrogen and oxygen atoms in total. The van der Waals surface area contributed by atoms with Gasteiger partial charge in [-0.15, -0.1) is 0 Å². The molecule has 0 spiro atoms. The first kappa shape index (κ1) is 10.4. The van der Waals surface area contributed by atoms with Crippen molar-refractivity contribution in [2.75, 3.05) is 0 Å². The topological polar surface area (TPSA) is 12.4 Å². The van der Waals surface area contributed by atoms with Crippen LogP contribution < -0.4 is 0 Å². The zero-order chi connectivity index (χ0) is 8.91. The van der Waals surface area contributed by atoms with Crippen molar-refractivity contribution >= 4 is 6.21 Å². The Morgan fingerprint density at radius 3 is 2.18 bits per heavy atom. The first-order chi connectivity index (χ1) is 4.99. The van der Waals surface area contributed by atoms with Gasteiger partial charge < -0.3 is 0 Å². The van der Waals surface area contributed by atoms with Crippen LogP contribution in [0.4, 0.5) is 0 Å². The third kappa shape index (κ3) is 5.84. The van der Waals surface area contributed by atoms with Crippen molar-refractivity contribution in [3.8, 4) is 0 Å². The zero-order valence-electron chi connectivity index (χ0n) is 8.31. The fraction of sp³-hybridized carbons (Fsp3) is 0.700. The van der Waals surface area contributed by atoms with Gasteiger partial charge in [0.05, 0.1) is 5.54 Å². The Morgan fingerprint density at radius 1 is 1.36 bits per heavy atom. The molecule has 0 N–H and O–H groups in total. The summed E-state index contributed by atoms with van der Waals surface area (Å²) >= 11 is 0. The SMILES string of the molecule is C/C=C(/C=NC(C)(C)C)CC. The van der Waals surface area contributed by atoms with Crippen LogP contribution in [0.25, 0.3) is 0 Å². The first-order valence-corrected chi connectivity index (χ1v) is 4.20. The van der Waals surface area contributed by atoms with E-state index in [9.17, 15) is 0 Å². The maximum Gasteiger partial charge on any atom is 0.0524 e. The lowest BCUT2D eigenvalue weighted by Gasteiger charge is -2.10. The molecular formula is C10H19N. The smallest absolute Gasteiger partial charge is 0.0524 e. The number of nitrogens with zero attached hydrogens (tertiary/aromatic N) is 1. The van der Waals surface area contributed by atoms with Gasteiger partial charge in [-0.2, -0.15) is 0 Å². The summed E-state index contributed by atoms with van der Waals surface area (Å²) in [6.07, 6.45) is 5.14. The van der Waals surface area contributed by atoms with Crippen LogP contribution in [0.1, 0.15) is 41.0 Å². The molecule has 0 aromatic carbocycles. The molecule has 0 unspecified atom stereocenters. The van der Waals surface area contributed by atoms with Gasteiger partial charge in [0.2, 0.25) is 0 Å². The van der Waals surface area contributed by atoms with E-state index in [2.05, 4.69) is 38.8 Å². The molecule has 0 fully saturated rings. The van der Waals surface area contributed by atoms with Gasteiger partial charge in [0.15, 0.2) is 0 Å². The Morgan fingerprint density at radius 2 is 1.91 bits per heavy atom. The Balaban J connectivity index is 4.12. The zero-order valence-corrected chi connectivity index (χ0v) is 8.31. The highest BCUT2D eigenvalue weighted by molar-refractivity contribution is 5.78. The molecule has 0 saturated heterocycles. The maximum atomic E-state index is 4.41. The lowest BCUT2D eigenvalue weighted by molar-refractivity contribution is 0.586. The number of aliphatic imine (C=N–C) groups is 1. The quantitative estimate of drug-likeness (QED) is 0.540. The van der Waals surface area contributed by atoms with Crippen LogP contribution in [-0.2, 0) is 0 Å². The second-order valence-electron chi connectivity index (χ2n) is 3.65. The first-order valence-electron chi connectivity index (χ1n) is 4.20. The number of rotatable bonds is 2. The molecule has 11 heavy (non-hydrogen) atoms. The van der Waals surface area contributed by atoms with Crippen LogP contribution in [0.15, 0.2) is 16.6 Å². The molecule has 0 aliphatic carbocycles. The maximum absolute atomic E-state index is 4.41. The summed E-state index contributed by atoms with van der Waals surface area (Å²) < 4.78 is 0. The third-order valence-corrected chi connectivity index (χ3v) is 1.40. The summed E-state index contributed by atoms with van der Waals surface area (Å²) in [5.74, 6) is 0. The Bertz CT molecular complexity index is 158. The summed E-state index contributed by atoms with van der Waals surface area (Å²) in [6.45, 7) is 10.5. The molecule has 0 amide bonds. The van der Waals surface area contributed by atoms with Gasteiger partial charge >= 0.3 is 0 Å². The predicted molar refractivity (Wildman–Crippen MR) is 52.3 cm³/mol. The van der Waals surface area contributed by atoms with Crippen LogP contribution in [0.5, 0.6) is 0 Å². The summed E-state index contributed by atoms with van der Waals surface area (Å²) in [5, 5.41) is 0. The third-order valence-electron chi connectivity index (χ3n) is 1.40. The molecular weight excluding hydrogens is 134 g/mol. The Hall–Kier alpha value is -0.590. The van der Waals surface area contributed by atoms with E-state index < -0.39 is 0 Å². The standard InChI is InChI=1S/C10H19N/c1-6-9(7-2)8-11-10(3,4)5/h6,8H,7H2,1-5H3/b9-6+,11-8?. The molecule has 0 rings (SSSR count). The van der Waals surface area contributed by atoms with Gasteiger partial charge in [-0.1, -0.05) is 13.0 Å². The minimum Gasteiger partial charge on any atom is -0.287 e. The van der Waals surface area contributed by atoms with Gasteiger partial charge in [-0.25, -0.2) is 0 Å². The minimum atomic E-state index is 0.0590. The van der Waals surface area contributed by atoms with Crippen molar-refractivity contribution in [3.63, 3.8) is 0 Å². The second-order valence-corrected chi connectivity index (χ2v) is 3.65. The summed E-state index contributed by atoms with van der Waals surface area (Å²) in [5.41, 5.74) is 1.36. The highest BCUT2D eigenvalue weighted by Crippen LogP contribution is 2.07. The number of hydrogen-bond donors (Lipinski definition) is 0. The highest BCUT2D eigenvalue weighted by atomic mass is 14.8. The van der Waals surface area contributed by atoms with Crippen molar-refractivity contribution in [2.45, 2.75) is 46.6 Å². The lowest BCUT2D eigenvalue weighted by Crippen LogP contribution is -2.09. The van der Waals surface area contributed by atoms with Crippen molar-refractivity contribution in [3.05, 3.63) is 11.6 Å². The number of hydrogen-bond acceptors (Lipinski definition) is 1. The van der Waals surface area contributed by atoms with Crippen molar-refractivity contribution < 1.29 is 0 Å². The van der Waals surface area contributed by atoms with Gasteiger partial charge in [-0.05, 0) is 39.7 Å². The average Bonchev–Trinajstić information content (AvgIpc) is 1.88. The molecule has 0 aromatic heterocycles. The molecule has 1 heteroatoms. The molecule has 0 aliphatic heterocycles. The molecule has 0 bridgehead atoms. The lowest BCUT2D eigenvalue weighted by atomic mass is 10.1. The van der Waals surface area contributed by atoms with Gasteiger partial charge in [0, 0.05) is 6.21 Å². The molecule has 64 valence electrons. The molecule has 0 heterocycles. The van der Waals surface area contributed by atoms with Gasteiger partial charge in [0.25, 0.3) is 0 Å². The van der Waals surface area contributed by atoms with E-state index in [0.717, 1.165) is 6.42 Å². The van der Waals surface area contributed by atoms with Crippen LogP contribution in [0.3, 0.4) is 0 Å². The monoisotopic (exact) mass is 153 g/mol. The van der Waals surface area contributed by atoms with Gasteiger partial charge in [0.1, 0.15) is 0 Å². The Labute approximate surface area is 70.2 Å². The highest BCUT2D eigenvalue weighted by Gasteiger charge is 2.04. The normalized spacial score (nSPS) is 14.5. The van der Waals surface area contributed by atoms with Crippen molar-refractivity contribution in [1.82, 2.24) is 0 Å². The van der Waals surface area contributed by atoms with E-state index in [0.29, 0.717) is 0 Å².